The van der Waals surface area contributed by atoms with E-state index in [1.807, 2.05) is 13.0 Å². The molecule has 1 heterocycles. The fourth-order valence-corrected chi connectivity index (χ4v) is 1.18. The third-order valence-electron chi connectivity index (χ3n) is 1.96. The van der Waals surface area contributed by atoms with E-state index in [1.54, 1.807) is 24.1 Å². The molecule has 0 unspecified atom stereocenters. The van der Waals surface area contributed by atoms with Crippen LogP contribution in [0.5, 0.6) is 0 Å². The first-order valence-electron chi connectivity index (χ1n) is 4.61. The molecule has 4 nitrogen and oxygen atoms in total. The Morgan fingerprint density at radius 3 is 2.86 bits per heavy atom. The van der Waals surface area contributed by atoms with Crippen LogP contribution in [-0.4, -0.2) is 29.7 Å². The van der Waals surface area contributed by atoms with Gasteiger partial charge in [-0.05, 0) is 19.9 Å². The van der Waals surface area contributed by atoms with Crippen molar-refractivity contribution in [3.8, 4) is 0 Å². The molecule has 0 atom stereocenters. The molecular weight excluding hydrogens is 178 g/mol. The summed E-state index contributed by atoms with van der Waals surface area (Å²) in [6.07, 6.45) is 5.38. The van der Waals surface area contributed by atoms with Crippen LogP contribution in [0, 0.1) is 0 Å². The molecular formula is C10H15N3O. The number of hydrogen-bond acceptors (Lipinski definition) is 2. The first-order valence-corrected chi connectivity index (χ1v) is 4.61. The van der Waals surface area contributed by atoms with E-state index in [-0.39, 0.29) is 5.78 Å². The van der Waals surface area contributed by atoms with Crippen LogP contribution in [0.15, 0.2) is 28.9 Å². The lowest BCUT2D eigenvalue weighted by Crippen LogP contribution is -2.34. The summed E-state index contributed by atoms with van der Waals surface area (Å²) in [5.41, 5.74) is 6.42. The van der Waals surface area contributed by atoms with Gasteiger partial charge in [0.25, 0.3) is 0 Å². The van der Waals surface area contributed by atoms with Crippen molar-refractivity contribution in [2.24, 2.45) is 10.7 Å². The first kappa shape index (κ1) is 10.5. The zero-order valence-electron chi connectivity index (χ0n) is 8.53. The molecule has 0 amide bonds. The first-order chi connectivity index (χ1) is 6.65. The molecule has 0 aliphatic carbocycles. The Bertz CT molecular complexity index is 315. The number of aliphatic imine (C=N–C) groups is 1. The van der Waals surface area contributed by atoms with Gasteiger partial charge in [-0.1, -0.05) is 6.08 Å². The minimum Gasteiger partial charge on any atom is -0.370 e. The van der Waals surface area contributed by atoms with Crippen molar-refractivity contribution in [2.75, 3.05) is 13.1 Å². The van der Waals surface area contributed by atoms with Crippen LogP contribution >= 0.6 is 0 Å². The van der Waals surface area contributed by atoms with E-state index in [0.29, 0.717) is 19.0 Å². The third kappa shape index (κ3) is 2.45. The Hall–Kier alpha value is -1.58. The Morgan fingerprint density at radius 1 is 1.71 bits per heavy atom. The van der Waals surface area contributed by atoms with Gasteiger partial charge in [0, 0.05) is 24.9 Å². The summed E-state index contributed by atoms with van der Waals surface area (Å²) in [5, 5.41) is 0. The van der Waals surface area contributed by atoms with Crippen molar-refractivity contribution in [3.05, 3.63) is 23.9 Å². The third-order valence-corrected chi connectivity index (χ3v) is 1.96. The fourth-order valence-electron chi connectivity index (χ4n) is 1.18. The molecule has 0 saturated carbocycles. The number of rotatable bonds is 2. The topological polar surface area (TPSA) is 58.7 Å². The normalized spacial score (nSPS) is 16.9. The molecule has 0 aromatic heterocycles. The SMILES string of the molecule is CCN=C(N)N1C=CC(C(C)=O)=CC1. The highest BCUT2D eigenvalue weighted by atomic mass is 16.1. The van der Waals surface area contributed by atoms with E-state index in [2.05, 4.69) is 4.99 Å². The second-order valence-electron chi connectivity index (χ2n) is 3.02. The largest absolute Gasteiger partial charge is 0.370 e. The van der Waals surface area contributed by atoms with Crippen LogP contribution in [-0.2, 0) is 4.79 Å². The summed E-state index contributed by atoms with van der Waals surface area (Å²) in [6.45, 7) is 4.76. The van der Waals surface area contributed by atoms with Gasteiger partial charge in [0.2, 0.25) is 0 Å². The second-order valence-corrected chi connectivity index (χ2v) is 3.02. The number of allylic oxidation sites excluding steroid dienone is 2. The van der Waals surface area contributed by atoms with Gasteiger partial charge in [-0.25, -0.2) is 0 Å². The molecule has 0 aromatic carbocycles. The number of carbonyl (C=O) groups is 1. The highest BCUT2D eigenvalue weighted by molar-refractivity contribution is 5.96. The summed E-state index contributed by atoms with van der Waals surface area (Å²) in [4.78, 5) is 16.9. The van der Waals surface area contributed by atoms with Gasteiger partial charge in [0.1, 0.15) is 0 Å². The average molecular weight is 193 g/mol. The number of hydrogen-bond donors (Lipinski definition) is 1. The molecule has 2 N–H and O–H groups in total. The molecule has 0 fully saturated rings. The van der Waals surface area contributed by atoms with Crippen molar-refractivity contribution >= 4 is 11.7 Å². The van der Waals surface area contributed by atoms with E-state index in [0.717, 1.165) is 5.57 Å². The van der Waals surface area contributed by atoms with Gasteiger partial charge in [-0.3, -0.25) is 9.79 Å². The highest BCUT2D eigenvalue weighted by Gasteiger charge is 2.09. The minimum atomic E-state index is 0.0758. The van der Waals surface area contributed by atoms with E-state index in [1.165, 1.54) is 0 Å². The summed E-state index contributed by atoms with van der Waals surface area (Å²) < 4.78 is 0. The summed E-state index contributed by atoms with van der Waals surface area (Å²) in [5.74, 6) is 0.564. The minimum absolute atomic E-state index is 0.0758. The van der Waals surface area contributed by atoms with Crippen molar-refractivity contribution in [1.29, 1.82) is 0 Å². The number of nitrogens with zero attached hydrogens (tertiary/aromatic N) is 2. The van der Waals surface area contributed by atoms with E-state index in [9.17, 15) is 4.79 Å². The predicted octanol–water partition coefficient (Wildman–Crippen LogP) is 0.666. The van der Waals surface area contributed by atoms with Gasteiger partial charge >= 0.3 is 0 Å². The molecule has 1 rings (SSSR count). The standard InChI is InChI=1S/C10H15N3O/c1-3-12-10(11)13-6-4-9(5-7-13)8(2)14/h4-6H,3,7H2,1-2H3,(H2,11,12). The van der Waals surface area contributed by atoms with Gasteiger partial charge < -0.3 is 10.6 Å². The molecule has 0 spiro atoms. The average Bonchev–Trinajstić information content (AvgIpc) is 2.18. The number of nitrogens with two attached hydrogens (primary N) is 1. The molecule has 0 aromatic rings. The number of Topliss-reactive ketones (excluding diaryl/α,β-unsaturated/α-hetero) is 1. The molecule has 1 aliphatic rings. The highest BCUT2D eigenvalue weighted by Crippen LogP contribution is 2.07. The molecule has 0 saturated heterocycles. The van der Waals surface area contributed by atoms with E-state index < -0.39 is 0 Å². The Morgan fingerprint density at radius 2 is 2.43 bits per heavy atom. The van der Waals surface area contributed by atoms with Crippen LogP contribution in [0.3, 0.4) is 0 Å². The molecule has 14 heavy (non-hydrogen) atoms. The lowest BCUT2D eigenvalue weighted by atomic mass is 10.1. The zero-order valence-corrected chi connectivity index (χ0v) is 8.53. The summed E-state index contributed by atoms with van der Waals surface area (Å²) in [7, 11) is 0. The molecule has 4 heteroatoms. The lowest BCUT2D eigenvalue weighted by molar-refractivity contribution is -0.113. The van der Waals surface area contributed by atoms with Crippen molar-refractivity contribution < 1.29 is 4.79 Å². The van der Waals surface area contributed by atoms with Crippen molar-refractivity contribution in [3.63, 3.8) is 0 Å². The van der Waals surface area contributed by atoms with Crippen LogP contribution in [0.4, 0.5) is 0 Å². The summed E-state index contributed by atoms with van der Waals surface area (Å²) >= 11 is 0. The number of guanidine groups is 1. The van der Waals surface area contributed by atoms with E-state index in [4.69, 9.17) is 5.73 Å². The molecule has 1 aliphatic heterocycles. The number of ketones is 1. The lowest BCUT2D eigenvalue weighted by Gasteiger charge is -2.20. The van der Waals surface area contributed by atoms with Crippen LogP contribution in [0.2, 0.25) is 0 Å². The molecule has 0 radical (unpaired) electrons. The Labute approximate surface area is 83.8 Å². The second kappa shape index (κ2) is 4.60. The monoisotopic (exact) mass is 193 g/mol. The smallest absolute Gasteiger partial charge is 0.195 e. The molecule has 0 bridgehead atoms. The maximum atomic E-state index is 11.0. The Balaban J connectivity index is 2.65. The quantitative estimate of drug-likeness (QED) is 0.518. The fraction of sp³-hybridized carbons (Fsp3) is 0.400. The molecule has 76 valence electrons. The van der Waals surface area contributed by atoms with Crippen LogP contribution in [0.25, 0.3) is 0 Å². The van der Waals surface area contributed by atoms with Gasteiger partial charge in [-0.2, -0.15) is 0 Å². The van der Waals surface area contributed by atoms with E-state index >= 15 is 0 Å². The zero-order chi connectivity index (χ0) is 10.6. The van der Waals surface area contributed by atoms with Crippen molar-refractivity contribution in [1.82, 2.24) is 4.90 Å². The van der Waals surface area contributed by atoms with Crippen LogP contribution < -0.4 is 5.73 Å². The van der Waals surface area contributed by atoms with Crippen LogP contribution in [0.1, 0.15) is 13.8 Å². The number of carbonyl (C=O) groups excluding carboxylic acids is 1. The van der Waals surface area contributed by atoms with Crippen molar-refractivity contribution in [2.45, 2.75) is 13.8 Å². The van der Waals surface area contributed by atoms with Gasteiger partial charge in [-0.15, -0.1) is 0 Å². The predicted molar refractivity (Wildman–Crippen MR) is 56.8 cm³/mol. The van der Waals surface area contributed by atoms with Gasteiger partial charge in [0.05, 0.1) is 0 Å². The maximum absolute atomic E-state index is 11.0. The summed E-state index contributed by atoms with van der Waals surface area (Å²) in [6, 6.07) is 0. The maximum Gasteiger partial charge on any atom is 0.195 e. The van der Waals surface area contributed by atoms with Gasteiger partial charge in [0.15, 0.2) is 11.7 Å². The Kier molecular flexibility index (Phi) is 3.45.